The molecule has 246 valence electrons. The van der Waals surface area contributed by atoms with E-state index in [1.807, 2.05) is 29.2 Å². The van der Waals surface area contributed by atoms with Crippen LogP contribution in [0, 0.1) is 6.92 Å². The number of urea groups is 1. The zero-order valence-electron chi connectivity index (χ0n) is 25.9. The Kier molecular flexibility index (Phi) is 10.1. The Morgan fingerprint density at radius 3 is 2.18 bits per heavy atom. The van der Waals surface area contributed by atoms with Gasteiger partial charge in [-0.15, -0.1) is 0 Å². The average Bonchev–Trinajstić information content (AvgIpc) is 3.25. The Balaban J connectivity index is 1.47. The van der Waals surface area contributed by atoms with Gasteiger partial charge in [0.05, 0.1) is 23.2 Å². The number of hydrogen-bond donors (Lipinski definition) is 2. The highest BCUT2D eigenvalue weighted by atomic mass is 32.2. The summed E-state index contributed by atoms with van der Waals surface area (Å²) in [5.41, 5.74) is 2.78. The lowest BCUT2D eigenvalue weighted by atomic mass is 10.1. The summed E-state index contributed by atoms with van der Waals surface area (Å²) in [5, 5.41) is 10.1. The van der Waals surface area contributed by atoms with Crippen LogP contribution in [0.4, 0.5) is 9.59 Å². The van der Waals surface area contributed by atoms with Crippen molar-refractivity contribution in [2.45, 2.75) is 44.8 Å². The molecule has 14 nitrogen and oxygen atoms in total. The Bertz CT molecular complexity index is 1760. The molecule has 1 aromatic heterocycles. The molecule has 0 aliphatic carbocycles. The summed E-state index contributed by atoms with van der Waals surface area (Å²) in [6.07, 6.45) is 0.620. The quantitative estimate of drug-likeness (QED) is 0.256. The van der Waals surface area contributed by atoms with Crippen LogP contribution in [-0.2, 0) is 31.4 Å². The van der Waals surface area contributed by atoms with E-state index in [1.165, 1.54) is 38.6 Å². The summed E-state index contributed by atoms with van der Waals surface area (Å²) in [6.45, 7) is 8.35. The number of sulfonamides is 2. The monoisotopic (exact) mass is 665 g/mol. The fourth-order valence-corrected chi connectivity index (χ4v) is 7.20. The highest BCUT2D eigenvalue weighted by molar-refractivity contribution is 7.89. The summed E-state index contributed by atoms with van der Waals surface area (Å²) < 4.78 is 65.3. The molecule has 16 heteroatoms. The van der Waals surface area contributed by atoms with Gasteiger partial charge in [-0.2, -0.15) is 4.31 Å². The maximum absolute atomic E-state index is 13.4. The Labute approximate surface area is 263 Å². The second-order valence-corrected chi connectivity index (χ2v) is 15.5. The Morgan fingerprint density at radius 1 is 0.978 bits per heavy atom. The molecule has 0 atom stereocenters. The van der Waals surface area contributed by atoms with Crippen molar-refractivity contribution in [3.05, 3.63) is 59.8 Å². The average molecular weight is 666 g/mol. The van der Waals surface area contributed by atoms with Crippen LogP contribution in [0.5, 0.6) is 5.75 Å². The summed E-state index contributed by atoms with van der Waals surface area (Å²) in [7, 11) is -7.70. The number of nitrogens with one attached hydrogen (secondary N) is 1. The Hall–Kier alpha value is -3.70. The van der Waals surface area contributed by atoms with Crippen LogP contribution in [0.1, 0.15) is 32.0 Å². The third-order valence-electron chi connectivity index (χ3n) is 7.35. The van der Waals surface area contributed by atoms with Crippen molar-refractivity contribution >= 4 is 43.1 Å². The molecule has 45 heavy (non-hydrogen) atoms. The predicted octanol–water partition coefficient (Wildman–Crippen LogP) is 2.98. The van der Waals surface area contributed by atoms with Gasteiger partial charge in [0.15, 0.2) is 0 Å². The van der Waals surface area contributed by atoms with Gasteiger partial charge >= 0.3 is 12.1 Å². The molecule has 0 spiro atoms. The first kappa shape index (κ1) is 34.2. The second kappa shape index (κ2) is 13.3. The van der Waals surface area contributed by atoms with Gasteiger partial charge in [0.25, 0.3) is 10.0 Å². The van der Waals surface area contributed by atoms with Crippen LogP contribution in [0.3, 0.4) is 0 Å². The summed E-state index contributed by atoms with van der Waals surface area (Å²) >= 11 is 0. The van der Waals surface area contributed by atoms with E-state index in [-0.39, 0.29) is 37.7 Å². The molecule has 1 aliphatic heterocycles. The van der Waals surface area contributed by atoms with Crippen LogP contribution >= 0.6 is 0 Å². The first-order valence-corrected chi connectivity index (χ1v) is 17.5. The summed E-state index contributed by atoms with van der Waals surface area (Å²) in [5.74, 6) is 0.351. The molecule has 0 saturated carbocycles. The van der Waals surface area contributed by atoms with Gasteiger partial charge in [-0.05, 0) is 58.0 Å². The van der Waals surface area contributed by atoms with E-state index in [4.69, 9.17) is 9.47 Å². The molecule has 2 amide bonds. The molecular weight excluding hydrogens is 626 g/mol. The fourth-order valence-electron chi connectivity index (χ4n) is 5.05. The highest BCUT2D eigenvalue weighted by Gasteiger charge is 2.31. The number of piperazine rings is 1. The van der Waals surface area contributed by atoms with Gasteiger partial charge in [-0.3, -0.25) is 10.1 Å². The maximum atomic E-state index is 13.4. The normalized spacial score (nSPS) is 15.2. The lowest BCUT2D eigenvalue weighted by Gasteiger charge is -2.34. The van der Waals surface area contributed by atoms with Crippen LogP contribution in [0.2, 0.25) is 0 Å². The maximum Gasteiger partial charge on any atom is 0.419 e. The minimum absolute atomic E-state index is 0.0832. The van der Waals surface area contributed by atoms with Crippen molar-refractivity contribution in [2.24, 2.45) is 0 Å². The molecule has 1 fully saturated rings. The number of rotatable bonds is 9. The van der Waals surface area contributed by atoms with Gasteiger partial charge in [-0.25, -0.2) is 40.8 Å². The van der Waals surface area contributed by atoms with Crippen LogP contribution in [0.25, 0.3) is 10.9 Å². The minimum Gasteiger partial charge on any atom is -0.489 e. The number of carbonyl (C=O) groups is 2. The number of benzene rings is 2. The molecule has 0 radical (unpaired) electrons. The molecule has 2 heterocycles. The van der Waals surface area contributed by atoms with Crippen molar-refractivity contribution in [1.82, 2.24) is 23.6 Å². The number of amides is 2. The van der Waals surface area contributed by atoms with Gasteiger partial charge in [0, 0.05) is 49.4 Å². The molecular formula is C29H39N5O9S2. The van der Waals surface area contributed by atoms with Gasteiger partial charge in [0.1, 0.15) is 18.0 Å². The van der Waals surface area contributed by atoms with Gasteiger partial charge < -0.3 is 9.47 Å². The lowest BCUT2D eigenvalue weighted by Crippen LogP contribution is -2.51. The van der Waals surface area contributed by atoms with Crippen LogP contribution in [0.15, 0.2) is 53.4 Å². The number of hydroxylamine groups is 1. The number of para-hydroxylation sites is 1. The van der Waals surface area contributed by atoms with Crippen molar-refractivity contribution in [3.63, 3.8) is 0 Å². The molecule has 0 bridgehead atoms. The SMILES string of the molecule is Cc1c(COc2ccc(S(=O)(=O)N(CCN3CCN(S(C)(=O)=O)CC3)C(=O)NO)cc2)c2ccccc2n1C(=O)OC(C)(C)C. The summed E-state index contributed by atoms with van der Waals surface area (Å²) in [4.78, 5) is 27.0. The molecule has 2 aromatic carbocycles. The molecule has 2 N–H and O–H groups in total. The smallest absolute Gasteiger partial charge is 0.419 e. The lowest BCUT2D eigenvalue weighted by molar-refractivity contribution is 0.0541. The van der Waals surface area contributed by atoms with Gasteiger partial charge in [-0.1, -0.05) is 18.2 Å². The molecule has 1 saturated heterocycles. The van der Waals surface area contributed by atoms with Gasteiger partial charge in [0.2, 0.25) is 10.0 Å². The first-order valence-electron chi connectivity index (χ1n) is 14.2. The third kappa shape index (κ3) is 7.94. The summed E-state index contributed by atoms with van der Waals surface area (Å²) in [6, 6.07) is 11.7. The van der Waals surface area contributed by atoms with Crippen LogP contribution in [-0.4, -0.2) is 103 Å². The van der Waals surface area contributed by atoms with Crippen molar-refractivity contribution in [1.29, 1.82) is 0 Å². The number of ether oxygens (including phenoxy) is 2. The zero-order valence-corrected chi connectivity index (χ0v) is 27.5. The number of carbonyl (C=O) groups excluding carboxylic acids is 2. The fraction of sp³-hybridized carbons (Fsp3) is 0.448. The van der Waals surface area contributed by atoms with Crippen molar-refractivity contribution < 1.29 is 41.1 Å². The third-order valence-corrected chi connectivity index (χ3v) is 10.5. The largest absolute Gasteiger partial charge is 0.489 e. The van der Waals surface area contributed by atoms with Crippen molar-refractivity contribution in [3.8, 4) is 5.75 Å². The van der Waals surface area contributed by atoms with E-state index in [1.54, 1.807) is 27.7 Å². The Morgan fingerprint density at radius 2 is 1.60 bits per heavy atom. The molecule has 3 aromatic rings. The van der Waals surface area contributed by atoms with E-state index in [2.05, 4.69) is 0 Å². The second-order valence-electron chi connectivity index (χ2n) is 11.7. The number of fused-ring (bicyclic) bond motifs is 1. The highest BCUT2D eigenvalue weighted by Crippen LogP contribution is 2.29. The first-order chi connectivity index (χ1) is 21.0. The van der Waals surface area contributed by atoms with E-state index >= 15 is 0 Å². The van der Waals surface area contributed by atoms with Crippen molar-refractivity contribution in [2.75, 3.05) is 45.5 Å². The zero-order chi connectivity index (χ0) is 33.2. The molecule has 0 unspecified atom stereocenters. The predicted molar refractivity (Wildman–Crippen MR) is 166 cm³/mol. The molecule has 4 rings (SSSR count). The topological polar surface area (TPSA) is 168 Å². The van der Waals surface area contributed by atoms with Crippen LogP contribution < -0.4 is 10.2 Å². The standard InChI is InChI=1S/C29H39N5O9S2/c1-21-25(24-8-6-7-9-26(24)34(21)28(36)43-29(2,3)4)20-42-22-10-12-23(13-11-22)45(40,41)33(27(35)30-37)19-16-31-14-17-32(18-15-31)44(5,38)39/h6-13,37H,14-20H2,1-5H3,(H,30,35). The molecule has 1 aliphatic rings. The van der Waals surface area contributed by atoms with E-state index in [0.29, 0.717) is 34.4 Å². The van der Waals surface area contributed by atoms with E-state index < -0.39 is 37.8 Å². The number of hydrogen-bond acceptors (Lipinski definition) is 10. The number of aromatic nitrogens is 1. The van der Waals surface area contributed by atoms with E-state index in [9.17, 15) is 31.6 Å². The number of nitrogens with zero attached hydrogens (tertiary/aromatic N) is 4. The minimum atomic E-state index is -4.37. The van der Waals surface area contributed by atoms with E-state index in [0.717, 1.165) is 17.2 Å².